The maximum atomic E-state index is 9.42. The van der Waals surface area contributed by atoms with Gasteiger partial charge in [-0.2, -0.15) is 15.5 Å². The third kappa shape index (κ3) is 3.10. The fourth-order valence-corrected chi connectivity index (χ4v) is 1.91. The average Bonchev–Trinajstić information content (AvgIpc) is 2.54. The lowest BCUT2D eigenvalue weighted by Gasteiger charge is -2.16. The molecule has 0 aliphatic rings. The zero-order valence-corrected chi connectivity index (χ0v) is 11.7. The molecule has 2 atom stereocenters. The van der Waals surface area contributed by atoms with Crippen molar-refractivity contribution in [3.05, 3.63) is 71.8 Å². The van der Waals surface area contributed by atoms with Crippen LogP contribution in [0.15, 0.2) is 70.9 Å². The van der Waals surface area contributed by atoms with Crippen LogP contribution in [0.2, 0.25) is 0 Å². The molecule has 0 aromatic heterocycles. The van der Waals surface area contributed by atoms with Crippen molar-refractivity contribution in [3.63, 3.8) is 0 Å². The summed E-state index contributed by atoms with van der Waals surface area (Å²) in [5.74, 6) is 0. The van der Waals surface area contributed by atoms with Crippen LogP contribution in [0, 0.1) is 11.3 Å². The summed E-state index contributed by atoms with van der Waals surface area (Å²) >= 11 is 0. The van der Waals surface area contributed by atoms with Crippen molar-refractivity contribution in [2.24, 2.45) is 10.2 Å². The Bertz CT molecular complexity index is 614. The van der Waals surface area contributed by atoms with E-state index in [4.69, 9.17) is 0 Å². The molecule has 0 saturated heterocycles. The van der Waals surface area contributed by atoms with Gasteiger partial charge in [-0.25, -0.2) is 0 Å². The van der Waals surface area contributed by atoms with E-state index in [1.165, 1.54) is 0 Å². The largest absolute Gasteiger partial charge is 0.195 e. The molecule has 0 saturated carbocycles. The fraction of sp³-hybridized carbons (Fsp3) is 0.235. The van der Waals surface area contributed by atoms with E-state index >= 15 is 0 Å². The predicted molar refractivity (Wildman–Crippen MR) is 79.1 cm³/mol. The highest BCUT2D eigenvalue weighted by Gasteiger charge is 2.26. The van der Waals surface area contributed by atoms with Gasteiger partial charge in [0, 0.05) is 0 Å². The van der Waals surface area contributed by atoms with Gasteiger partial charge in [0.25, 0.3) is 0 Å². The standard InChI is InChI=1S/C17H17N3/c1-14(15-9-5-3-6-10-15)19-20-17(2,13-18)16-11-7-4-8-12-16/h3-12,14H,1-2H3. The number of nitrogens with zero attached hydrogens (tertiary/aromatic N) is 3. The highest BCUT2D eigenvalue weighted by molar-refractivity contribution is 5.30. The van der Waals surface area contributed by atoms with Crippen LogP contribution < -0.4 is 0 Å². The van der Waals surface area contributed by atoms with Crippen LogP contribution in [-0.4, -0.2) is 0 Å². The second-order valence-corrected chi connectivity index (χ2v) is 4.85. The minimum absolute atomic E-state index is 0.0624. The van der Waals surface area contributed by atoms with Gasteiger partial charge >= 0.3 is 0 Å². The lowest BCUT2D eigenvalue weighted by Crippen LogP contribution is -2.15. The first-order chi connectivity index (χ1) is 9.65. The molecule has 2 aromatic rings. The third-order valence-corrected chi connectivity index (χ3v) is 3.27. The number of rotatable bonds is 4. The Kier molecular flexibility index (Phi) is 4.27. The van der Waals surface area contributed by atoms with Gasteiger partial charge in [-0.3, -0.25) is 0 Å². The van der Waals surface area contributed by atoms with E-state index < -0.39 is 5.54 Å². The van der Waals surface area contributed by atoms with Crippen molar-refractivity contribution >= 4 is 0 Å². The molecule has 0 heterocycles. The maximum Gasteiger partial charge on any atom is 0.189 e. The van der Waals surface area contributed by atoms with Gasteiger partial charge in [0.2, 0.25) is 0 Å². The van der Waals surface area contributed by atoms with E-state index in [0.717, 1.165) is 11.1 Å². The van der Waals surface area contributed by atoms with Crippen LogP contribution in [0.25, 0.3) is 0 Å². The molecule has 0 aliphatic carbocycles. The summed E-state index contributed by atoms with van der Waals surface area (Å²) in [6, 6.07) is 21.6. The van der Waals surface area contributed by atoms with Crippen molar-refractivity contribution in [1.29, 1.82) is 5.26 Å². The van der Waals surface area contributed by atoms with Crippen LogP contribution in [0.3, 0.4) is 0 Å². The Hall–Kier alpha value is -2.47. The lowest BCUT2D eigenvalue weighted by molar-refractivity contribution is 0.566. The van der Waals surface area contributed by atoms with Crippen molar-refractivity contribution in [1.82, 2.24) is 0 Å². The number of nitriles is 1. The second kappa shape index (κ2) is 6.12. The summed E-state index contributed by atoms with van der Waals surface area (Å²) in [7, 11) is 0. The topological polar surface area (TPSA) is 48.5 Å². The predicted octanol–water partition coefficient (Wildman–Crippen LogP) is 4.64. The molecule has 0 amide bonds. The monoisotopic (exact) mass is 263 g/mol. The van der Waals surface area contributed by atoms with Crippen molar-refractivity contribution in [3.8, 4) is 6.07 Å². The molecule has 0 fully saturated rings. The maximum absolute atomic E-state index is 9.42. The number of azo groups is 1. The quantitative estimate of drug-likeness (QED) is 0.741. The van der Waals surface area contributed by atoms with Crippen LogP contribution in [0.4, 0.5) is 0 Å². The molecular formula is C17H17N3. The van der Waals surface area contributed by atoms with E-state index in [-0.39, 0.29) is 6.04 Å². The SMILES string of the molecule is CC(N=NC(C)(C#N)c1ccccc1)c1ccccc1. The molecule has 2 unspecified atom stereocenters. The summed E-state index contributed by atoms with van der Waals surface area (Å²) in [5.41, 5.74) is 1.00. The van der Waals surface area contributed by atoms with Crippen LogP contribution in [-0.2, 0) is 5.54 Å². The van der Waals surface area contributed by atoms with Gasteiger partial charge in [0.15, 0.2) is 5.54 Å². The molecule has 100 valence electrons. The van der Waals surface area contributed by atoms with Crippen molar-refractivity contribution in [2.75, 3.05) is 0 Å². The fourth-order valence-electron chi connectivity index (χ4n) is 1.91. The van der Waals surface area contributed by atoms with E-state index in [9.17, 15) is 5.26 Å². The molecule has 3 heteroatoms. The Labute approximate surface area is 119 Å². The summed E-state index contributed by atoms with van der Waals surface area (Å²) in [5, 5.41) is 18.0. The minimum Gasteiger partial charge on any atom is -0.195 e. The van der Waals surface area contributed by atoms with Crippen LogP contribution >= 0.6 is 0 Å². The van der Waals surface area contributed by atoms with Gasteiger partial charge in [-0.1, -0.05) is 60.7 Å². The highest BCUT2D eigenvalue weighted by Crippen LogP contribution is 2.27. The first kappa shape index (κ1) is 14.0. The van der Waals surface area contributed by atoms with Gasteiger partial charge in [0.05, 0.1) is 12.1 Å². The molecule has 0 bridgehead atoms. The summed E-state index contributed by atoms with van der Waals surface area (Å²) in [6.07, 6.45) is 0. The summed E-state index contributed by atoms with van der Waals surface area (Å²) in [4.78, 5) is 0. The zero-order valence-electron chi connectivity index (χ0n) is 11.7. The van der Waals surface area contributed by atoms with Gasteiger partial charge in [-0.15, -0.1) is 0 Å². The number of hydrogen-bond acceptors (Lipinski definition) is 3. The summed E-state index contributed by atoms with van der Waals surface area (Å²) < 4.78 is 0. The molecule has 2 aromatic carbocycles. The zero-order chi connectivity index (χ0) is 14.4. The van der Waals surface area contributed by atoms with E-state index in [1.807, 2.05) is 67.6 Å². The third-order valence-electron chi connectivity index (χ3n) is 3.27. The molecule has 0 N–H and O–H groups in total. The Morgan fingerprint density at radius 2 is 1.55 bits per heavy atom. The van der Waals surface area contributed by atoms with Crippen molar-refractivity contribution in [2.45, 2.75) is 25.4 Å². The first-order valence-electron chi connectivity index (χ1n) is 6.59. The normalized spacial score (nSPS) is 15.4. The van der Waals surface area contributed by atoms with Gasteiger partial charge in [-0.05, 0) is 25.0 Å². The van der Waals surface area contributed by atoms with Crippen LogP contribution in [0.5, 0.6) is 0 Å². The van der Waals surface area contributed by atoms with E-state index in [0.29, 0.717) is 0 Å². The van der Waals surface area contributed by atoms with Crippen LogP contribution in [0.1, 0.15) is 31.0 Å². The first-order valence-corrected chi connectivity index (χ1v) is 6.59. The molecule has 2 rings (SSSR count). The summed E-state index contributed by atoms with van der Waals surface area (Å²) in [6.45, 7) is 3.76. The molecule has 0 aliphatic heterocycles. The minimum atomic E-state index is -0.940. The average molecular weight is 263 g/mol. The Balaban J connectivity index is 2.23. The number of benzene rings is 2. The molecule has 0 spiro atoms. The Morgan fingerprint density at radius 1 is 1.00 bits per heavy atom. The molecule has 0 radical (unpaired) electrons. The number of hydrogen-bond donors (Lipinski definition) is 0. The van der Waals surface area contributed by atoms with Gasteiger partial charge in [0.1, 0.15) is 0 Å². The molecule has 20 heavy (non-hydrogen) atoms. The smallest absolute Gasteiger partial charge is 0.189 e. The van der Waals surface area contributed by atoms with Crippen molar-refractivity contribution < 1.29 is 0 Å². The lowest BCUT2D eigenvalue weighted by atomic mass is 9.95. The van der Waals surface area contributed by atoms with E-state index in [1.54, 1.807) is 6.92 Å². The highest BCUT2D eigenvalue weighted by atomic mass is 15.2. The van der Waals surface area contributed by atoms with E-state index in [2.05, 4.69) is 16.3 Å². The molecular weight excluding hydrogens is 246 g/mol. The Morgan fingerprint density at radius 3 is 2.10 bits per heavy atom. The second-order valence-electron chi connectivity index (χ2n) is 4.85. The molecule has 3 nitrogen and oxygen atoms in total. The van der Waals surface area contributed by atoms with Gasteiger partial charge < -0.3 is 0 Å².